The average Bonchev–Trinajstić information content (AvgIpc) is 3.37. The summed E-state index contributed by atoms with van der Waals surface area (Å²) in [6, 6.07) is 16.7. The Hall–Kier alpha value is -3.91. The first-order chi connectivity index (χ1) is 17.2. The fraction of sp³-hybridized carbons (Fsp3) is 0.296. The molecule has 8 nitrogen and oxygen atoms in total. The molecule has 2 aromatic carbocycles. The van der Waals surface area contributed by atoms with E-state index < -0.39 is 0 Å². The van der Waals surface area contributed by atoms with Crippen molar-refractivity contribution in [2.75, 3.05) is 18.6 Å². The summed E-state index contributed by atoms with van der Waals surface area (Å²) >= 11 is 0. The molecule has 0 aliphatic carbocycles. The number of nitrogens with zero attached hydrogens (tertiary/aromatic N) is 7. The summed E-state index contributed by atoms with van der Waals surface area (Å²) in [7, 11) is 2.05. The molecule has 0 bridgehead atoms. The molecule has 1 unspecified atom stereocenters. The molecule has 0 spiro atoms. The normalized spacial score (nSPS) is 17.0. The van der Waals surface area contributed by atoms with E-state index in [1.807, 2.05) is 48.4 Å². The van der Waals surface area contributed by atoms with Gasteiger partial charge < -0.3 is 9.64 Å². The molecule has 0 saturated carbocycles. The molecule has 3 aromatic heterocycles. The molecule has 35 heavy (non-hydrogen) atoms. The van der Waals surface area contributed by atoms with Gasteiger partial charge in [0.1, 0.15) is 12.1 Å². The van der Waals surface area contributed by atoms with E-state index >= 15 is 0 Å². The third-order valence-electron chi connectivity index (χ3n) is 6.85. The summed E-state index contributed by atoms with van der Waals surface area (Å²) in [4.78, 5) is 20.9. The van der Waals surface area contributed by atoms with Gasteiger partial charge in [0.15, 0.2) is 11.9 Å². The van der Waals surface area contributed by atoms with Gasteiger partial charge in [-0.05, 0) is 43.9 Å². The summed E-state index contributed by atoms with van der Waals surface area (Å²) in [5.41, 5.74) is 5.48. The maximum Gasteiger partial charge on any atom is 0.164 e. The van der Waals surface area contributed by atoms with Gasteiger partial charge in [-0.25, -0.2) is 19.6 Å². The van der Waals surface area contributed by atoms with Gasteiger partial charge in [-0.1, -0.05) is 36.4 Å². The molecule has 0 radical (unpaired) electrons. The van der Waals surface area contributed by atoms with Crippen molar-refractivity contribution in [2.24, 2.45) is 0 Å². The molecule has 2 atom stereocenters. The van der Waals surface area contributed by atoms with Crippen molar-refractivity contribution < 1.29 is 4.74 Å². The summed E-state index contributed by atoms with van der Waals surface area (Å²) in [6.45, 7) is 2.93. The van der Waals surface area contributed by atoms with E-state index in [9.17, 15) is 0 Å². The average molecular weight is 466 g/mol. The Balaban J connectivity index is 1.32. The van der Waals surface area contributed by atoms with E-state index in [0.29, 0.717) is 0 Å². The van der Waals surface area contributed by atoms with Crippen LogP contribution in [0.15, 0.2) is 67.3 Å². The van der Waals surface area contributed by atoms with Crippen LogP contribution in [0.4, 0.5) is 5.82 Å². The van der Waals surface area contributed by atoms with E-state index in [0.717, 1.165) is 65.0 Å². The number of hydrogen-bond acceptors (Lipinski definition) is 7. The van der Waals surface area contributed by atoms with Crippen LogP contribution >= 0.6 is 0 Å². The van der Waals surface area contributed by atoms with Gasteiger partial charge in [0, 0.05) is 19.2 Å². The van der Waals surface area contributed by atoms with Crippen molar-refractivity contribution in [3.8, 4) is 11.3 Å². The van der Waals surface area contributed by atoms with Crippen LogP contribution in [0, 0.1) is 0 Å². The summed E-state index contributed by atoms with van der Waals surface area (Å²) in [5, 5.41) is 5.50. The number of anilines is 1. The Morgan fingerprint density at radius 3 is 2.71 bits per heavy atom. The summed E-state index contributed by atoms with van der Waals surface area (Å²) in [5.74, 6) is 0.833. The number of aromatic nitrogens is 6. The monoisotopic (exact) mass is 465 g/mol. The Morgan fingerprint density at radius 1 is 1.00 bits per heavy atom. The first-order valence-electron chi connectivity index (χ1n) is 12.0. The molecule has 4 heterocycles. The van der Waals surface area contributed by atoms with Crippen LogP contribution < -0.4 is 4.90 Å². The van der Waals surface area contributed by atoms with Crippen LogP contribution in [-0.4, -0.2) is 43.4 Å². The quantitative estimate of drug-likeness (QED) is 0.347. The Labute approximate surface area is 203 Å². The minimum absolute atomic E-state index is 0.0693. The maximum atomic E-state index is 5.93. The summed E-state index contributed by atoms with van der Waals surface area (Å²) < 4.78 is 7.81. The third-order valence-corrected chi connectivity index (χ3v) is 6.85. The largest absolute Gasteiger partial charge is 0.356 e. The first kappa shape index (κ1) is 21.6. The van der Waals surface area contributed by atoms with E-state index in [1.54, 1.807) is 6.33 Å². The van der Waals surface area contributed by atoms with E-state index in [2.05, 4.69) is 51.2 Å². The predicted octanol–water partition coefficient (Wildman–Crippen LogP) is 5.33. The van der Waals surface area contributed by atoms with Crippen molar-refractivity contribution in [1.82, 2.24) is 29.7 Å². The van der Waals surface area contributed by atoms with Crippen molar-refractivity contribution in [2.45, 2.75) is 38.5 Å². The number of hydrogen-bond donors (Lipinski definition) is 0. The molecule has 8 heteroatoms. The highest BCUT2D eigenvalue weighted by molar-refractivity contribution is 5.92. The number of fused-ring (bicyclic) bond motifs is 2. The van der Waals surface area contributed by atoms with Gasteiger partial charge in [0.2, 0.25) is 0 Å². The maximum absolute atomic E-state index is 5.93. The number of benzene rings is 2. The molecule has 1 saturated heterocycles. The van der Waals surface area contributed by atoms with Crippen molar-refractivity contribution in [3.63, 3.8) is 0 Å². The topological polar surface area (TPSA) is 81.9 Å². The highest BCUT2D eigenvalue weighted by Crippen LogP contribution is 2.31. The minimum Gasteiger partial charge on any atom is -0.356 e. The standard InChI is InChI=1S/C27H27N7O/c1-18(19-8-4-3-5-9-19)33(2)24-16-28-23-14-20(11-12-22(23)32-24)26-21-15-31-34(27(21)30-17-29-26)25-10-6-7-13-35-25/h3-5,8-9,11-12,14-18,25H,6-7,10,13H2,1-2H3/t18-,25?/m1/s1. The first-order valence-corrected chi connectivity index (χ1v) is 12.0. The molecule has 5 aromatic rings. The van der Waals surface area contributed by atoms with Crippen LogP contribution in [0.2, 0.25) is 0 Å². The molecule has 1 fully saturated rings. The number of ether oxygens (including phenoxy) is 1. The molecule has 176 valence electrons. The lowest BCUT2D eigenvalue weighted by Gasteiger charge is -2.26. The Morgan fingerprint density at radius 2 is 1.89 bits per heavy atom. The SMILES string of the molecule is C[C@H](c1ccccc1)N(C)c1cnc2cc(-c3ncnc4c3cnn4C3CCCCO3)ccc2n1. The lowest BCUT2D eigenvalue weighted by Crippen LogP contribution is -2.22. The molecule has 0 N–H and O–H groups in total. The predicted molar refractivity (Wildman–Crippen MR) is 136 cm³/mol. The van der Waals surface area contributed by atoms with E-state index in [1.165, 1.54) is 5.56 Å². The number of rotatable bonds is 5. The van der Waals surface area contributed by atoms with Gasteiger partial charge >= 0.3 is 0 Å². The van der Waals surface area contributed by atoms with Crippen LogP contribution in [-0.2, 0) is 4.74 Å². The van der Waals surface area contributed by atoms with E-state index in [-0.39, 0.29) is 12.3 Å². The lowest BCUT2D eigenvalue weighted by molar-refractivity contribution is -0.0370. The molecule has 0 amide bonds. The third kappa shape index (κ3) is 4.00. The Kier molecular flexibility index (Phi) is 5.58. The molecule has 1 aliphatic heterocycles. The minimum atomic E-state index is -0.0693. The zero-order valence-corrected chi connectivity index (χ0v) is 19.9. The molecular weight excluding hydrogens is 438 g/mol. The van der Waals surface area contributed by atoms with Crippen LogP contribution in [0.25, 0.3) is 33.3 Å². The van der Waals surface area contributed by atoms with Gasteiger partial charge in [-0.15, -0.1) is 0 Å². The fourth-order valence-corrected chi connectivity index (χ4v) is 4.69. The second-order valence-electron chi connectivity index (χ2n) is 9.00. The van der Waals surface area contributed by atoms with E-state index in [4.69, 9.17) is 14.7 Å². The van der Waals surface area contributed by atoms with Crippen LogP contribution in [0.5, 0.6) is 0 Å². The van der Waals surface area contributed by atoms with Gasteiger partial charge in [0.25, 0.3) is 0 Å². The second-order valence-corrected chi connectivity index (χ2v) is 9.00. The van der Waals surface area contributed by atoms with Gasteiger partial charge in [0.05, 0.1) is 40.5 Å². The van der Waals surface area contributed by atoms with Crippen molar-refractivity contribution >= 4 is 27.9 Å². The van der Waals surface area contributed by atoms with Gasteiger partial charge in [-0.3, -0.25) is 4.98 Å². The summed E-state index contributed by atoms with van der Waals surface area (Å²) in [6.07, 6.45) is 8.37. The smallest absolute Gasteiger partial charge is 0.164 e. The molecular formula is C27H27N7O. The zero-order valence-electron chi connectivity index (χ0n) is 19.9. The second kappa shape index (κ2) is 9.03. The molecule has 6 rings (SSSR count). The van der Waals surface area contributed by atoms with Crippen LogP contribution in [0.3, 0.4) is 0 Å². The lowest BCUT2D eigenvalue weighted by atomic mass is 10.1. The van der Waals surface area contributed by atoms with Crippen molar-refractivity contribution in [1.29, 1.82) is 0 Å². The Bertz CT molecular complexity index is 1480. The molecule has 1 aliphatic rings. The van der Waals surface area contributed by atoms with Crippen LogP contribution in [0.1, 0.15) is 44.0 Å². The highest BCUT2D eigenvalue weighted by Gasteiger charge is 2.21. The zero-order chi connectivity index (χ0) is 23.8. The van der Waals surface area contributed by atoms with Crippen molar-refractivity contribution in [3.05, 3.63) is 72.8 Å². The fourth-order valence-electron chi connectivity index (χ4n) is 4.69. The van der Waals surface area contributed by atoms with Gasteiger partial charge in [-0.2, -0.15) is 5.10 Å². The highest BCUT2D eigenvalue weighted by atomic mass is 16.5.